The number of benzene rings is 2. The van der Waals surface area contributed by atoms with Gasteiger partial charge in [-0.25, -0.2) is 9.59 Å². The Bertz CT molecular complexity index is 689. The Kier molecular flexibility index (Phi) is 7.64. The second-order valence-electron chi connectivity index (χ2n) is 4.30. The van der Waals surface area contributed by atoms with E-state index < -0.39 is 52.0 Å². The van der Waals surface area contributed by atoms with Gasteiger partial charge in [0.15, 0.2) is 17.2 Å². The molecule has 2 aromatic rings. The molecule has 0 fully saturated rings. The smallest absolute Gasteiger partial charge is 0.873 e. The van der Waals surface area contributed by atoms with Crippen molar-refractivity contribution in [2.45, 2.75) is 0 Å². The second-order valence-corrected chi connectivity index (χ2v) is 4.30. The molecule has 0 saturated carbocycles. The maximum atomic E-state index is 10.6. The van der Waals surface area contributed by atoms with Gasteiger partial charge >= 0.3 is 35.0 Å². The molecule has 0 aliphatic heterocycles. The third-order valence-electron chi connectivity index (χ3n) is 2.60. The van der Waals surface area contributed by atoms with E-state index in [1.165, 1.54) is 0 Å². The molecule has 25 heavy (non-hydrogen) atoms. The number of aromatic carboxylic acids is 2. The molecule has 2 aromatic carbocycles. The third-order valence-corrected chi connectivity index (χ3v) is 2.60. The maximum Gasteiger partial charge on any atom is 2.00 e. The van der Waals surface area contributed by atoms with Crippen molar-refractivity contribution in [2.24, 2.45) is 0 Å². The molecular weight excluding hydrogens is 352 g/mol. The van der Waals surface area contributed by atoms with Crippen LogP contribution in [0.15, 0.2) is 24.3 Å². The third kappa shape index (κ3) is 5.51. The first-order chi connectivity index (χ1) is 11.0. The fourth-order valence-corrected chi connectivity index (χ4v) is 1.44. The van der Waals surface area contributed by atoms with Crippen molar-refractivity contribution in [3.8, 4) is 34.5 Å². The quantitative estimate of drug-likeness (QED) is 0.294. The van der Waals surface area contributed by atoms with Crippen LogP contribution in [0.4, 0.5) is 0 Å². The van der Waals surface area contributed by atoms with Crippen molar-refractivity contribution in [1.82, 2.24) is 0 Å². The molecule has 6 N–H and O–H groups in total. The molecule has 0 heterocycles. The monoisotopic (exact) mass is 362 g/mol. The van der Waals surface area contributed by atoms with Gasteiger partial charge in [0.25, 0.3) is 0 Å². The summed E-state index contributed by atoms with van der Waals surface area (Å²) < 4.78 is 0. The van der Waals surface area contributed by atoms with E-state index >= 15 is 0 Å². The zero-order chi connectivity index (χ0) is 18.6. The fourth-order valence-electron chi connectivity index (χ4n) is 1.44. The van der Waals surface area contributed by atoms with Gasteiger partial charge in [-0.1, -0.05) is 11.8 Å². The van der Waals surface area contributed by atoms with E-state index in [1.54, 1.807) is 0 Å². The molecule has 0 bridgehead atoms. The van der Waals surface area contributed by atoms with Crippen molar-refractivity contribution in [2.75, 3.05) is 0 Å². The number of rotatable bonds is 2. The van der Waals surface area contributed by atoms with Crippen molar-refractivity contribution in [3.05, 3.63) is 35.4 Å². The van der Waals surface area contributed by atoms with E-state index in [4.69, 9.17) is 30.6 Å². The van der Waals surface area contributed by atoms with Gasteiger partial charge in [-0.05, 0) is 18.2 Å². The second kappa shape index (κ2) is 8.70. The molecule has 0 amide bonds. The van der Waals surface area contributed by atoms with Gasteiger partial charge in [0.1, 0.15) is 5.75 Å². The standard InChI is InChI=1S/2C7H6O5.Mg/c2*8-4-1-3(7(11)12)2-5(9)6(4)10;/h2*1-2,8-10H,(H,11,12);/q;;+2/p-2. The van der Waals surface area contributed by atoms with Gasteiger partial charge in [-0.3, -0.25) is 0 Å². The molecule has 0 saturated heterocycles. The van der Waals surface area contributed by atoms with Crippen LogP contribution in [0.3, 0.4) is 0 Å². The Morgan fingerprint density at radius 2 is 1.08 bits per heavy atom. The van der Waals surface area contributed by atoms with E-state index in [1.807, 2.05) is 0 Å². The molecule has 2 rings (SSSR count). The number of aromatic hydroxyl groups is 4. The first-order valence-corrected chi connectivity index (χ1v) is 5.97. The van der Waals surface area contributed by atoms with Gasteiger partial charge in [0.05, 0.1) is 11.1 Å². The molecule has 0 aliphatic carbocycles. The summed E-state index contributed by atoms with van der Waals surface area (Å²) in [5.74, 6) is -7.63. The number of phenols is 4. The van der Waals surface area contributed by atoms with Gasteiger partial charge in [-0.15, -0.1) is 5.75 Å². The number of carbonyl (C=O) groups is 2. The van der Waals surface area contributed by atoms with E-state index in [0.29, 0.717) is 6.07 Å². The van der Waals surface area contributed by atoms with Crippen LogP contribution >= 0.6 is 0 Å². The summed E-state index contributed by atoms with van der Waals surface area (Å²) >= 11 is 0. The van der Waals surface area contributed by atoms with Crippen molar-refractivity contribution in [1.29, 1.82) is 0 Å². The fraction of sp³-hybridized carbons (Fsp3) is 0. The maximum absolute atomic E-state index is 10.6. The van der Waals surface area contributed by atoms with Crippen LogP contribution in [0.1, 0.15) is 20.7 Å². The van der Waals surface area contributed by atoms with E-state index in [2.05, 4.69) is 0 Å². The normalized spacial score (nSPS) is 9.28. The predicted octanol–water partition coefficient (Wildman–Crippen LogP) is -0.642. The average Bonchev–Trinajstić information content (AvgIpc) is 2.49. The Labute approximate surface area is 155 Å². The molecule has 0 aromatic heterocycles. The molecule has 128 valence electrons. The van der Waals surface area contributed by atoms with Crippen LogP contribution < -0.4 is 10.2 Å². The molecule has 10 nitrogen and oxygen atoms in total. The minimum absolute atomic E-state index is 0. The van der Waals surface area contributed by atoms with Crippen LogP contribution in [-0.2, 0) is 0 Å². The molecule has 0 radical (unpaired) electrons. The van der Waals surface area contributed by atoms with Crippen LogP contribution in [-0.4, -0.2) is 65.6 Å². The summed E-state index contributed by atoms with van der Waals surface area (Å²) in [5.41, 5.74) is -0.681. The van der Waals surface area contributed by atoms with Gasteiger partial charge in [0.2, 0.25) is 0 Å². The molecular formula is C14H10MgO10. The number of phenolic OH excluding ortho intramolecular Hbond substituents is 4. The van der Waals surface area contributed by atoms with Crippen LogP contribution in [0.5, 0.6) is 34.5 Å². The van der Waals surface area contributed by atoms with Crippen molar-refractivity contribution in [3.63, 3.8) is 0 Å². The van der Waals surface area contributed by atoms with E-state index in [9.17, 15) is 19.8 Å². The number of hydrogen-bond acceptors (Lipinski definition) is 8. The SMILES string of the molecule is O=C(O)c1cc(O)c(O)c(O)c1.O=C(O)c1cc([O-])c([O-])c(O)c1.[Mg+2]. The van der Waals surface area contributed by atoms with Crippen molar-refractivity contribution < 1.29 is 50.4 Å². The number of hydrogen-bond donors (Lipinski definition) is 6. The molecule has 0 aliphatic rings. The zero-order valence-electron chi connectivity index (χ0n) is 12.3. The molecule has 0 spiro atoms. The summed E-state index contributed by atoms with van der Waals surface area (Å²) in [6, 6.07) is 3.10. The van der Waals surface area contributed by atoms with E-state index in [-0.39, 0.29) is 28.6 Å². The summed E-state index contributed by atoms with van der Waals surface area (Å²) in [6.45, 7) is 0. The number of carboxylic acids is 2. The minimum atomic E-state index is -1.36. The summed E-state index contributed by atoms with van der Waals surface area (Å²) in [7, 11) is 0. The zero-order valence-corrected chi connectivity index (χ0v) is 13.7. The summed E-state index contributed by atoms with van der Waals surface area (Å²) in [6.07, 6.45) is 0. The molecule has 11 heteroatoms. The largest absolute Gasteiger partial charge is 2.00 e. The number of carboxylic acid groups (broad SMARTS) is 2. The van der Waals surface area contributed by atoms with Crippen LogP contribution in [0.2, 0.25) is 0 Å². The Hall–Kier alpha value is -3.05. The van der Waals surface area contributed by atoms with E-state index in [0.717, 1.165) is 18.2 Å². The first kappa shape index (κ1) is 21.9. The topological polar surface area (TPSA) is 202 Å². The minimum Gasteiger partial charge on any atom is -0.873 e. The predicted molar refractivity (Wildman–Crippen MR) is 78.1 cm³/mol. The van der Waals surface area contributed by atoms with Gasteiger partial charge < -0.3 is 40.9 Å². The Morgan fingerprint density at radius 3 is 1.44 bits per heavy atom. The molecule has 0 unspecified atom stereocenters. The van der Waals surface area contributed by atoms with Crippen LogP contribution in [0, 0.1) is 0 Å². The summed E-state index contributed by atoms with van der Waals surface area (Å²) in [5, 5.41) is 73.3. The summed E-state index contributed by atoms with van der Waals surface area (Å²) in [4.78, 5) is 20.6. The Morgan fingerprint density at radius 1 is 0.720 bits per heavy atom. The van der Waals surface area contributed by atoms with Gasteiger partial charge in [-0.2, -0.15) is 0 Å². The first-order valence-electron chi connectivity index (χ1n) is 5.97. The van der Waals surface area contributed by atoms with Crippen LogP contribution in [0.25, 0.3) is 0 Å². The Balaban J connectivity index is 0.000000443. The van der Waals surface area contributed by atoms with Crippen molar-refractivity contribution >= 4 is 35.0 Å². The molecule has 0 atom stereocenters. The van der Waals surface area contributed by atoms with Gasteiger partial charge in [0, 0.05) is 0 Å². The average molecular weight is 363 g/mol.